The summed E-state index contributed by atoms with van der Waals surface area (Å²) < 4.78 is 11.1. The lowest BCUT2D eigenvalue weighted by Crippen LogP contribution is -3.16. The summed E-state index contributed by atoms with van der Waals surface area (Å²) in [6.45, 7) is 4.43. The van der Waals surface area contributed by atoms with Crippen molar-refractivity contribution in [3.63, 3.8) is 0 Å². The van der Waals surface area contributed by atoms with Gasteiger partial charge in [-0.1, -0.05) is 23.2 Å². The third kappa shape index (κ3) is 5.24. The van der Waals surface area contributed by atoms with E-state index in [-0.39, 0.29) is 18.6 Å². The molecule has 3 rings (SSSR count). The summed E-state index contributed by atoms with van der Waals surface area (Å²) in [5.74, 6) is 0.584. The Hall–Kier alpha value is -1.05. The SMILES string of the molecule is O=C([C@@H]1CCCO1)N1CC[NH+](C[C@H](O)COc2cc(Cl)ccc2Cl)CC1. The predicted molar refractivity (Wildman–Crippen MR) is 99.1 cm³/mol. The van der Waals surface area contributed by atoms with E-state index in [1.54, 1.807) is 18.2 Å². The number of halogens is 2. The van der Waals surface area contributed by atoms with Gasteiger partial charge in [-0.2, -0.15) is 0 Å². The fraction of sp³-hybridized carbons (Fsp3) is 0.611. The predicted octanol–water partition coefficient (Wildman–Crippen LogP) is 0.639. The highest BCUT2D eigenvalue weighted by Crippen LogP contribution is 2.27. The number of nitrogens with one attached hydrogen (secondary N) is 1. The first-order valence-electron chi connectivity index (χ1n) is 9.03. The van der Waals surface area contributed by atoms with Crippen LogP contribution in [0.1, 0.15) is 12.8 Å². The zero-order valence-corrected chi connectivity index (χ0v) is 16.1. The molecule has 2 atom stereocenters. The molecule has 144 valence electrons. The molecule has 2 aliphatic heterocycles. The first-order chi connectivity index (χ1) is 12.5. The van der Waals surface area contributed by atoms with Crippen LogP contribution in [0, 0.1) is 0 Å². The van der Waals surface area contributed by atoms with E-state index < -0.39 is 6.10 Å². The van der Waals surface area contributed by atoms with Crippen molar-refractivity contribution in [3.05, 3.63) is 28.2 Å². The Morgan fingerprint density at radius 2 is 2.15 bits per heavy atom. The number of aliphatic hydroxyl groups excluding tert-OH is 1. The van der Waals surface area contributed by atoms with Crippen LogP contribution in [0.3, 0.4) is 0 Å². The van der Waals surface area contributed by atoms with E-state index in [1.807, 2.05) is 4.90 Å². The molecule has 26 heavy (non-hydrogen) atoms. The Morgan fingerprint density at radius 3 is 2.85 bits per heavy atom. The van der Waals surface area contributed by atoms with E-state index in [1.165, 1.54) is 4.90 Å². The molecule has 0 unspecified atom stereocenters. The zero-order valence-electron chi connectivity index (χ0n) is 14.6. The van der Waals surface area contributed by atoms with E-state index in [0.717, 1.165) is 25.9 Å². The Labute approximate surface area is 163 Å². The van der Waals surface area contributed by atoms with Gasteiger partial charge in [-0.3, -0.25) is 4.79 Å². The number of rotatable bonds is 6. The highest BCUT2D eigenvalue weighted by Gasteiger charge is 2.32. The number of amides is 1. The van der Waals surface area contributed by atoms with Crippen molar-refractivity contribution < 1.29 is 24.3 Å². The fourth-order valence-corrected chi connectivity index (χ4v) is 3.72. The lowest BCUT2D eigenvalue weighted by atomic mass is 10.2. The number of benzene rings is 1. The number of piperazine rings is 1. The van der Waals surface area contributed by atoms with E-state index >= 15 is 0 Å². The van der Waals surface area contributed by atoms with Crippen LogP contribution in [0.15, 0.2) is 18.2 Å². The second kappa shape index (κ2) is 9.24. The first-order valence-corrected chi connectivity index (χ1v) is 9.78. The van der Waals surface area contributed by atoms with E-state index in [4.69, 9.17) is 32.7 Å². The molecular formula is C18H25Cl2N2O4+. The van der Waals surface area contributed by atoms with Gasteiger partial charge in [0, 0.05) is 17.7 Å². The minimum absolute atomic E-state index is 0.112. The summed E-state index contributed by atoms with van der Waals surface area (Å²) in [4.78, 5) is 15.5. The quantitative estimate of drug-likeness (QED) is 0.731. The third-order valence-corrected chi connectivity index (χ3v) is 5.38. The van der Waals surface area contributed by atoms with Crippen LogP contribution in [-0.2, 0) is 9.53 Å². The van der Waals surface area contributed by atoms with Gasteiger partial charge in [0.05, 0.1) is 31.2 Å². The lowest BCUT2D eigenvalue weighted by molar-refractivity contribution is -0.907. The maximum Gasteiger partial charge on any atom is 0.252 e. The number of nitrogens with zero attached hydrogens (tertiary/aromatic N) is 1. The third-order valence-electron chi connectivity index (χ3n) is 4.84. The normalized spacial score (nSPS) is 22.4. The van der Waals surface area contributed by atoms with Crippen molar-refractivity contribution in [2.24, 2.45) is 0 Å². The van der Waals surface area contributed by atoms with Crippen molar-refractivity contribution in [3.8, 4) is 5.75 Å². The first kappa shape index (κ1) is 19.7. The number of hydrogen-bond donors (Lipinski definition) is 2. The average Bonchev–Trinajstić information content (AvgIpc) is 3.17. The monoisotopic (exact) mass is 403 g/mol. The standard InChI is InChI=1S/C18H24Cl2N2O4/c19-13-3-4-15(20)17(10-13)26-12-14(23)11-21-5-7-22(8-6-21)18(24)16-2-1-9-25-16/h3-4,10,14,16,23H,1-2,5-9,11-12H2/p+1/t14-,16-/m0/s1. The topological polar surface area (TPSA) is 63.4 Å². The van der Waals surface area contributed by atoms with Gasteiger partial charge in [0.15, 0.2) is 0 Å². The smallest absolute Gasteiger partial charge is 0.252 e. The zero-order chi connectivity index (χ0) is 18.5. The number of carbonyl (C=O) groups is 1. The van der Waals surface area contributed by atoms with Crippen LogP contribution >= 0.6 is 23.2 Å². The average molecular weight is 404 g/mol. The molecule has 2 saturated heterocycles. The Morgan fingerprint density at radius 1 is 1.38 bits per heavy atom. The van der Waals surface area contributed by atoms with Gasteiger partial charge in [-0.15, -0.1) is 0 Å². The lowest BCUT2D eigenvalue weighted by Gasteiger charge is -2.34. The number of hydrogen-bond acceptors (Lipinski definition) is 4. The van der Waals surface area contributed by atoms with E-state index in [2.05, 4.69) is 0 Å². The maximum absolute atomic E-state index is 12.3. The van der Waals surface area contributed by atoms with Gasteiger partial charge in [-0.05, 0) is 25.0 Å². The van der Waals surface area contributed by atoms with Gasteiger partial charge < -0.3 is 24.4 Å². The van der Waals surface area contributed by atoms with Crippen LogP contribution < -0.4 is 9.64 Å². The highest BCUT2D eigenvalue weighted by molar-refractivity contribution is 6.34. The number of aliphatic hydroxyl groups is 1. The van der Waals surface area contributed by atoms with Gasteiger partial charge in [0.1, 0.15) is 31.1 Å². The molecule has 2 heterocycles. The minimum Gasteiger partial charge on any atom is -0.489 e. The molecule has 2 fully saturated rings. The van der Waals surface area contributed by atoms with Crippen molar-refractivity contribution in [2.75, 3.05) is 45.9 Å². The Bertz CT molecular complexity index is 617. The number of ether oxygens (including phenoxy) is 2. The van der Waals surface area contributed by atoms with Gasteiger partial charge in [0.25, 0.3) is 5.91 Å². The summed E-state index contributed by atoms with van der Waals surface area (Å²) in [5.41, 5.74) is 0. The van der Waals surface area contributed by atoms with E-state index in [9.17, 15) is 9.90 Å². The maximum atomic E-state index is 12.3. The summed E-state index contributed by atoms with van der Waals surface area (Å²) in [5, 5.41) is 11.3. The number of carbonyl (C=O) groups excluding carboxylic acids is 1. The summed E-state index contributed by atoms with van der Waals surface area (Å²) in [6, 6.07) is 4.99. The number of quaternary nitrogens is 1. The minimum atomic E-state index is -0.611. The van der Waals surface area contributed by atoms with Gasteiger partial charge in [0.2, 0.25) is 0 Å². The Kier molecular flexibility index (Phi) is 7.00. The molecule has 1 amide bonds. The molecule has 8 heteroatoms. The van der Waals surface area contributed by atoms with Crippen LogP contribution in [0.5, 0.6) is 5.75 Å². The second-order valence-corrected chi connectivity index (χ2v) is 7.66. The van der Waals surface area contributed by atoms with Crippen molar-refractivity contribution in [1.82, 2.24) is 4.90 Å². The molecule has 0 aliphatic carbocycles. The van der Waals surface area contributed by atoms with Crippen LogP contribution in [0.25, 0.3) is 0 Å². The molecular weight excluding hydrogens is 379 g/mol. The highest BCUT2D eigenvalue weighted by atomic mass is 35.5. The second-order valence-electron chi connectivity index (χ2n) is 6.82. The van der Waals surface area contributed by atoms with Crippen molar-refractivity contribution in [2.45, 2.75) is 25.0 Å². The van der Waals surface area contributed by atoms with Crippen molar-refractivity contribution >= 4 is 29.1 Å². The van der Waals surface area contributed by atoms with Crippen LogP contribution in [0.2, 0.25) is 10.0 Å². The molecule has 1 aromatic rings. The molecule has 0 bridgehead atoms. The van der Waals surface area contributed by atoms with Crippen molar-refractivity contribution in [1.29, 1.82) is 0 Å². The van der Waals surface area contributed by atoms with Crippen LogP contribution in [0.4, 0.5) is 0 Å². The molecule has 0 saturated carbocycles. The Balaban J connectivity index is 1.39. The molecule has 0 radical (unpaired) electrons. The fourth-order valence-electron chi connectivity index (χ4n) is 3.39. The summed E-state index contributed by atoms with van der Waals surface area (Å²) >= 11 is 12.0. The molecule has 2 N–H and O–H groups in total. The summed E-state index contributed by atoms with van der Waals surface area (Å²) in [7, 11) is 0. The molecule has 1 aromatic carbocycles. The van der Waals surface area contributed by atoms with E-state index in [0.29, 0.717) is 42.0 Å². The largest absolute Gasteiger partial charge is 0.489 e. The van der Waals surface area contributed by atoms with Gasteiger partial charge in [-0.25, -0.2) is 0 Å². The molecule has 0 aromatic heterocycles. The van der Waals surface area contributed by atoms with Crippen LogP contribution in [-0.4, -0.2) is 74.1 Å². The summed E-state index contributed by atoms with van der Waals surface area (Å²) in [6.07, 6.45) is 0.928. The molecule has 0 spiro atoms. The molecule has 2 aliphatic rings. The molecule has 6 nitrogen and oxygen atoms in total. The van der Waals surface area contributed by atoms with Gasteiger partial charge >= 0.3 is 0 Å².